The van der Waals surface area contributed by atoms with Crippen LogP contribution in [0, 0.1) is 0 Å². The van der Waals surface area contributed by atoms with Crippen molar-refractivity contribution in [1.29, 1.82) is 0 Å². The third-order valence-corrected chi connectivity index (χ3v) is 5.03. The first-order valence-electron chi connectivity index (χ1n) is 11.2. The van der Waals surface area contributed by atoms with Crippen LogP contribution in [0.5, 0.6) is 0 Å². The summed E-state index contributed by atoms with van der Waals surface area (Å²) in [4.78, 5) is 13.7. The van der Waals surface area contributed by atoms with Gasteiger partial charge < -0.3 is 31.2 Å². The molecule has 0 bridgehead atoms. The number of aromatic nitrogens is 3. The van der Waals surface area contributed by atoms with E-state index in [2.05, 4.69) is 43.0 Å². The highest BCUT2D eigenvalue weighted by Crippen LogP contribution is 2.21. The van der Waals surface area contributed by atoms with E-state index in [-0.39, 0.29) is 0 Å². The fraction of sp³-hybridized carbons (Fsp3) is 0.591. The van der Waals surface area contributed by atoms with Crippen LogP contribution in [-0.2, 0) is 16.0 Å². The lowest BCUT2D eigenvalue weighted by molar-refractivity contribution is 0.0547. The average Bonchev–Trinajstić information content (AvgIpc) is 2.81. The smallest absolute Gasteiger partial charge is 0.229 e. The molecule has 0 radical (unpaired) electrons. The van der Waals surface area contributed by atoms with Gasteiger partial charge in [0.15, 0.2) is 0 Å². The van der Waals surface area contributed by atoms with Crippen molar-refractivity contribution in [3.63, 3.8) is 0 Å². The van der Waals surface area contributed by atoms with E-state index in [9.17, 15) is 0 Å². The van der Waals surface area contributed by atoms with Gasteiger partial charge in [0.05, 0.1) is 26.4 Å². The quantitative estimate of drug-likeness (QED) is 0.336. The van der Waals surface area contributed by atoms with E-state index < -0.39 is 0 Å². The molecule has 0 atom stereocenters. The predicted octanol–water partition coefficient (Wildman–Crippen LogP) is 2.63. The van der Waals surface area contributed by atoms with Crippen LogP contribution in [0.3, 0.4) is 0 Å². The van der Waals surface area contributed by atoms with Crippen LogP contribution >= 0.6 is 0 Å². The molecule has 9 heteroatoms. The molecule has 0 unspecified atom stereocenters. The molecule has 0 saturated heterocycles. The molecule has 1 aliphatic carbocycles. The number of nitrogens with one attached hydrogen (secondary N) is 3. The number of anilines is 3. The van der Waals surface area contributed by atoms with Gasteiger partial charge in [-0.15, -0.1) is 0 Å². The van der Waals surface area contributed by atoms with Crippen molar-refractivity contribution in [2.24, 2.45) is 5.73 Å². The summed E-state index contributed by atoms with van der Waals surface area (Å²) < 4.78 is 10.9. The monoisotopic (exact) mass is 429 g/mol. The highest BCUT2D eigenvalue weighted by Gasteiger charge is 2.15. The lowest BCUT2D eigenvalue weighted by atomic mass is 9.96. The van der Waals surface area contributed by atoms with Crippen molar-refractivity contribution in [2.75, 3.05) is 55.5 Å². The minimum absolute atomic E-state index is 0.419. The Morgan fingerprint density at radius 3 is 2.23 bits per heavy atom. The second kappa shape index (κ2) is 13.7. The SMILES string of the molecule is NCCOCCOCCNc1nc(NCc2ccccc2)nc(NC2CCCCC2)n1. The Morgan fingerprint density at radius 2 is 1.48 bits per heavy atom. The van der Waals surface area contributed by atoms with E-state index in [1.165, 1.54) is 24.8 Å². The maximum Gasteiger partial charge on any atom is 0.229 e. The summed E-state index contributed by atoms with van der Waals surface area (Å²) in [6.45, 7) is 3.96. The fourth-order valence-electron chi connectivity index (χ4n) is 3.45. The summed E-state index contributed by atoms with van der Waals surface area (Å²) in [7, 11) is 0. The molecule has 1 heterocycles. The van der Waals surface area contributed by atoms with Crippen LogP contribution in [0.4, 0.5) is 17.8 Å². The van der Waals surface area contributed by atoms with Gasteiger partial charge in [-0.2, -0.15) is 15.0 Å². The van der Waals surface area contributed by atoms with Gasteiger partial charge >= 0.3 is 0 Å². The van der Waals surface area contributed by atoms with Gasteiger partial charge in [0, 0.05) is 25.7 Å². The summed E-state index contributed by atoms with van der Waals surface area (Å²) >= 11 is 0. The van der Waals surface area contributed by atoms with Crippen molar-refractivity contribution in [3.8, 4) is 0 Å². The van der Waals surface area contributed by atoms with Gasteiger partial charge in [-0.05, 0) is 18.4 Å². The molecule has 1 aliphatic rings. The number of nitrogens with two attached hydrogens (primary N) is 1. The molecule has 170 valence electrons. The van der Waals surface area contributed by atoms with Gasteiger partial charge in [-0.25, -0.2) is 0 Å². The largest absolute Gasteiger partial charge is 0.378 e. The molecule has 3 rings (SSSR count). The van der Waals surface area contributed by atoms with Crippen LogP contribution in [0.25, 0.3) is 0 Å². The maximum atomic E-state index is 5.56. The molecule has 0 aliphatic heterocycles. The lowest BCUT2D eigenvalue weighted by Crippen LogP contribution is -2.24. The summed E-state index contributed by atoms with van der Waals surface area (Å²) in [5, 5.41) is 10.0. The molecule has 31 heavy (non-hydrogen) atoms. The number of nitrogens with zero attached hydrogens (tertiary/aromatic N) is 3. The minimum atomic E-state index is 0.419. The predicted molar refractivity (Wildman–Crippen MR) is 123 cm³/mol. The molecule has 1 aromatic carbocycles. The summed E-state index contributed by atoms with van der Waals surface area (Å²) in [6, 6.07) is 10.6. The van der Waals surface area contributed by atoms with Crippen molar-refractivity contribution in [2.45, 2.75) is 44.7 Å². The van der Waals surface area contributed by atoms with E-state index in [1.54, 1.807) is 0 Å². The average molecular weight is 430 g/mol. The van der Waals surface area contributed by atoms with Gasteiger partial charge in [-0.3, -0.25) is 0 Å². The van der Waals surface area contributed by atoms with E-state index in [4.69, 9.17) is 15.2 Å². The van der Waals surface area contributed by atoms with Crippen molar-refractivity contribution in [1.82, 2.24) is 15.0 Å². The van der Waals surface area contributed by atoms with Crippen molar-refractivity contribution >= 4 is 17.8 Å². The standard InChI is InChI=1S/C22H35N7O2/c23-11-13-30-15-16-31-14-12-24-20-27-21(25-17-18-7-3-1-4-8-18)29-22(28-20)26-19-9-5-2-6-10-19/h1,3-4,7-8,19H,2,5-6,9-17,23H2,(H3,24,25,26,27,28,29). The first kappa shape index (κ1) is 23.2. The zero-order valence-corrected chi connectivity index (χ0v) is 18.2. The molecule has 0 spiro atoms. The summed E-state index contributed by atoms with van der Waals surface area (Å²) in [6.07, 6.45) is 6.12. The molecule has 9 nitrogen and oxygen atoms in total. The van der Waals surface area contributed by atoms with Crippen molar-refractivity contribution in [3.05, 3.63) is 35.9 Å². The normalized spacial score (nSPS) is 14.4. The number of hydrogen-bond donors (Lipinski definition) is 4. The van der Waals surface area contributed by atoms with Crippen LogP contribution < -0.4 is 21.7 Å². The maximum absolute atomic E-state index is 5.56. The molecule has 2 aromatic rings. The minimum Gasteiger partial charge on any atom is -0.378 e. The molecular weight excluding hydrogens is 394 g/mol. The van der Waals surface area contributed by atoms with Crippen molar-refractivity contribution < 1.29 is 9.47 Å². The Labute approximate surface area is 184 Å². The van der Waals surface area contributed by atoms with E-state index in [0.717, 1.165) is 12.8 Å². The molecule has 1 saturated carbocycles. The fourth-order valence-corrected chi connectivity index (χ4v) is 3.45. The molecule has 0 amide bonds. The zero-order chi connectivity index (χ0) is 21.6. The van der Waals surface area contributed by atoms with Crippen LogP contribution in [0.1, 0.15) is 37.7 Å². The second-order valence-electron chi connectivity index (χ2n) is 7.56. The third kappa shape index (κ3) is 9.04. The first-order valence-corrected chi connectivity index (χ1v) is 11.2. The van der Waals surface area contributed by atoms with E-state index in [1.807, 2.05) is 18.2 Å². The van der Waals surface area contributed by atoms with Crippen LogP contribution in [0.2, 0.25) is 0 Å². The topological polar surface area (TPSA) is 119 Å². The Bertz CT molecular complexity index is 742. The number of benzene rings is 1. The Hall–Kier alpha value is -2.49. The van der Waals surface area contributed by atoms with Gasteiger partial charge in [0.1, 0.15) is 0 Å². The third-order valence-electron chi connectivity index (χ3n) is 5.03. The molecular formula is C22H35N7O2. The van der Waals surface area contributed by atoms with Gasteiger partial charge in [-0.1, -0.05) is 49.6 Å². The van der Waals surface area contributed by atoms with E-state index in [0.29, 0.717) is 69.9 Å². The summed E-state index contributed by atoms with van der Waals surface area (Å²) in [5.41, 5.74) is 6.56. The van der Waals surface area contributed by atoms with E-state index >= 15 is 0 Å². The number of hydrogen-bond acceptors (Lipinski definition) is 9. The molecule has 5 N–H and O–H groups in total. The highest BCUT2D eigenvalue weighted by atomic mass is 16.5. The van der Waals surface area contributed by atoms with Gasteiger partial charge in [0.25, 0.3) is 0 Å². The lowest BCUT2D eigenvalue weighted by Gasteiger charge is -2.23. The Kier molecular flexibility index (Phi) is 10.3. The van der Waals surface area contributed by atoms with Crippen LogP contribution in [-0.4, -0.2) is 60.5 Å². The molecule has 1 fully saturated rings. The number of rotatable bonds is 14. The Morgan fingerprint density at radius 1 is 0.806 bits per heavy atom. The van der Waals surface area contributed by atoms with Crippen LogP contribution in [0.15, 0.2) is 30.3 Å². The summed E-state index contributed by atoms with van der Waals surface area (Å²) in [5.74, 6) is 1.69. The second-order valence-corrected chi connectivity index (χ2v) is 7.56. The molecule has 1 aromatic heterocycles. The first-order chi connectivity index (χ1) is 15.3. The Balaban J connectivity index is 1.53. The highest BCUT2D eigenvalue weighted by molar-refractivity contribution is 5.43. The van der Waals surface area contributed by atoms with Gasteiger partial charge in [0.2, 0.25) is 17.8 Å². The number of ether oxygens (including phenoxy) is 2. The zero-order valence-electron chi connectivity index (χ0n) is 18.2.